The summed E-state index contributed by atoms with van der Waals surface area (Å²) in [6.45, 7) is 0.713. The maximum Gasteiger partial charge on any atom is 0.219 e. The molecule has 2 N–H and O–H groups in total. The first-order chi connectivity index (χ1) is 8.77. The molecule has 0 saturated carbocycles. The minimum absolute atomic E-state index is 0.225. The van der Waals surface area contributed by atoms with Gasteiger partial charge in [-0.1, -0.05) is 18.2 Å². The number of amides is 1. The number of nitrogens with two attached hydrogens (primary N) is 1. The Hall–Kier alpha value is -1.77. The van der Waals surface area contributed by atoms with Gasteiger partial charge in [-0.25, -0.2) is 0 Å². The molecule has 18 heavy (non-hydrogen) atoms. The van der Waals surface area contributed by atoms with Crippen molar-refractivity contribution in [2.75, 3.05) is 0 Å². The molecule has 3 nitrogen and oxygen atoms in total. The number of hydrogen-bond acceptors (Lipinski definition) is 1. The van der Waals surface area contributed by atoms with Gasteiger partial charge in [0, 0.05) is 29.6 Å². The highest BCUT2D eigenvalue weighted by molar-refractivity contribution is 5.86. The number of para-hydroxylation sites is 1. The quantitative estimate of drug-likeness (QED) is 0.882. The Morgan fingerprint density at radius 1 is 1.22 bits per heavy atom. The van der Waals surface area contributed by atoms with Crippen LogP contribution in [0.15, 0.2) is 24.3 Å². The summed E-state index contributed by atoms with van der Waals surface area (Å²) in [4.78, 5) is 11.0. The third-order valence-electron chi connectivity index (χ3n) is 3.87. The van der Waals surface area contributed by atoms with Gasteiger partial charge in [0.2, 0.25) is 5.91 Å². The number of benzene rings is 1. The van der Waals surface area contributed by atoms with Gasteiger partial charge in [-0.2, -0.15) is 0 Å². The van der Waals surface area contributed by atoms with Gasteiger partial charge in [-0.15, -0.1) is 0 Å². The third-order valence-corrected chi connectivity index (χ3v) is 3.87. The maximum absolute atomic E-state index is 11.0. The molecule has 1 heterocycles. The van der Waals surface area contributed by atoms with Gasteiger partial charge in [0.1, 0.15) is 0 Å². The Balaban J connectivity index is 2.13. The summed E-state index contributed by atoms with van der Waals surface area (Å²) < 4.78 is 2.30. The highest BCUT2D eigenvalue weighted by atomic mass is 16.1. The molecule has 1 aliphatic rings. The van der Waals surface area contributed by atoms with E-state index < -0.39 is 0 Å². The van der Waals surface area contributed by atoms with E-state index in [1.807, 2.05) is 0 Å². The van der Waals surface area contributed by atoms with E-state index in [0.717, 1.165) is 6.42 Å². The summed E-state index contributed by atoms with van der Waals surface area (Å²) in [6, 6.07) is 8.50. The molecule has 0 radical (unpaired) electrons. The lowest BCUT2D eigenvalue weighted by Crippen LogP contribution is -2.16. The molecule has 1 aromatic heterocycles. The van der Waals surface area contributed by atoms with Crippen LogP contribution in [0.2, 0.25) is 0 Å². The van der Waals surface area contributed by atoms with Crippen LogP contribution < -0.4 is 5.73 Å². The SMILES string of the molecule is NC(=O)CCn1c2c(c3ccccc31)CCCC2. The van der Waals surface area contributed by atoms with Crippen molar-refractivity contribution in [1.82, 2.24) is 4.57 Å². The molecule has 0 spiro atoms. The molecule has 0 saturated heterocycles. The van der Waals surface area contributed by atoms with E-state index in [1.165, 1.54) is 41.4 Å². The van der Waals surface area contributed by atoms with Crippen molar-refractivity contribution in [3.63, 3.8) is 0 Å². The van der Waals surface area contributed by atoms with Gasteiger partial charge in [0.05, 0.1) is 0 Å². The minimum Gasteiger partial charge on any atom is -0.370 e. The summed E-state index contributed by atoms with van der Waals surface area (Å²) in [6.07, 6.45) is 5.24. The van der Waals surface area contributed by atoms with Crippen molar-refractivity contribution >= 4 is 16.8 Å². The first-order valence-corrected chi connectivity index (χ1v) is 6.64. The van der Waals surface area contributed by atoms with Crippen LogP contribution in [0, 0.1) is 0 Å². The standard InChI is InChI=1S/C15H18N2O/c16-15(18)9-10-17-13-7-3-1-5-11(13)12-6-2-4-8-14(12)17/h1,3,5,7H,2,4,6,8-10H2,(H2,16,18). The first-order valence-electron chi connectivity index (χ1n) is 6.64. The number of rotatable bonds is 3. The smallest absolute Gasteiger partial charge is 0.219 e. The first kappa shape index (κ1) is 11.3. The maximum atomic E-state index is 11.0. The molecule has 2 aromatic rings. The van der Waals surface area contributed by atoms with E-state index in [-0.39, 0.29) is 5.91 Å². The predicted octanol–water partition coefficient (Wildman–Crippen LogP) is 2.40. The summed E-state index contributed by atoms with van der Waals surface area (Å²) in [5, 5.41) is 1.36. The molecule has 3 heteroatoms. The van der Waals surface area contributed by atoms with Crippen LogP contribution in [-0.2, 0) is 24.2 Å². The largest absolute Gasteiger partial charge is 0.370 e. The van der Waals surface area contributed by atoms with Crippen LogP contribution in [0.25, 0.3) is 10.9 Å². The number of aryl methyl sites for hydroxylation is 2. The molecule has 1 amide bonds. The molecule has 0 bridgehead atoms. The third kappa shape index (κ3) is 1.80. The lowest BCUT2D eigenvalue weighted by Gasteiger charge is -2.15. The Morgan fingerprint density at radius 3 is 2.83 bits per heavy atom. The van der Waals surface area contributed by atoms with E-state index in [9.17, 15) is 4.79 Å². The van der Waals surface area contributed by atoms with Gasteiger partial charge < -0.3 is 10.3 Å². The number of primary amides is 1. The summed E-state index contributed by atoms with van der Waals surface area (Å²) >= 11 is 0. The molecule has 0 fully saturated rings. The molecular weight excluding hydrogens is 224 g/mol. The number of fused-ring (bicyclic) bond motifs is 3. The highest BCUT2D eigenvalue weighted by Crippen LogP contribution is 2.32. The minimum atomic E-state index is -0.225. The summed E-state index contributed by atoms with van der Waals surface area (Å²) in [5.74, 6) is -0.225. The van der Waals surface area contributed by atoms with E-state index in [1.54, 1.807) is 0 Å². The Labute approximate surface area is 107 Å². The van der Waals surface area contributed by atoms with E-state index in [0.29, 0.717) is 13.0 Å². The lowest BCUT2D eigenvalue weighted by atomic mass is 9.95. The van der Waals surface area contributed by atoms with Gasteiger partial charge >= 0.3 is 0 Å². The molecule has 0 atom stereocenters. The van der Waals surface area contributed by atoms with Crippen LogP contribution >= 0.6 is 0 Å². The van der Waals surface area contributed by atoms with Crippen molar-refractivity contribution in [1.29, 1.82) is 0 Å². The molecule has 3 rings (SSSR count). The molecule has 0 unspecified atom stereocenters. The average Bonchev–Trinajstić information content (AvgIpc) is 2.71. The van der Waals surface area contributed by atoms with Gasteiger partial charge in [-0.05, 0) is 37.3 Å². The molecule has 94 valence electrons. The number of hydrogen-bond donors (Lipinski definition) is 1. The fraction of sp³-hybridized carbons (Fsp3) is 0.400. The topological polar surface area (TPSA) is 48.0 Å². The fourth-order valence-electron chi connectivity index (χ4n) is 3.06. The number of carbonyl (C=O) groups excluding carboxylic acids is 1. The summed E-state index contributed by atoms with van der Waals surface area (Å²) in [5.41, 5.74) is 9.44. The van der Waals surface area contributed by atoms with E-state index in [2.05, 4.69) is 28.8 Å². The Kier molecular flexibility index (Phi) is 2.82. The second-order valence-corrected chi connectivity index (χ2v) is 5.02. The molecule has 1 aliphatic carbocycles. The second kappa shape index (κ2) is 4.48. The Morgan fingerprint density at radius 2 is 2.00 bits per heavy atom. The van der Waals surface area contributed by atoms with Crippen LogP contribution in [-0.4, -0.2) is 10.5 Å². The Bertz CT molecular complexity index is 598. The van der Waals surface area contributed by atoms with Crippen LogP contribution in [0.1, 0.15) is 30.5 Å². The van der Waals surface area contributed by atoms with Gasteiger partial charge in [0.15, 0.2) is 0 Å². The van der Waals surface area contributed by atoms with Gasteiger partial charge in [-0.3, -0.25) is 4.79 Å². The second-order valence-electron chi connectivity index (χ2n) is 5.02. The van der Waals surface area contributed by atoms with E-state index in [4.69, 9.17) is 5.73 Å². The van der Waals surface area contributed by atoms with Crippen LogP contribution in [0.5, 0.6) is 0 Å². The zero-order chi connectivity index (χ0) is 12.5. The molecular formula is C15H18N2O. The highest BCUT2D eigenvalue weighted by Gasteiger charge is 2.19. The monoisotopic (exact) mass is 242 g/mol. The number of carbonyl (C=O) groups is 1. The van der Waals surface area contributed by atoms with E-state index >= 15 is 0 Å². The average molecular weight is 242 g/mol. The summed E-state index contributed by atoms with van der Waals surface area (Å²) in [7, 11) is 0. The fourth-order valence-corrected chi connectivity index (χ4v) is 3.06. The zero-order valence-corrected chi connectivity index (χ0v) is 10.5. The number of aromatic nitrogens is 1. The van der Waals surface area contributed by atoms with Crippen LogP contribution in [0.4, 0.5) is 0 Å². The number of nitrogens with zero attached hydrogens (tertiary/aromatic N) is 1. The van der Waals surface area contributed by atoms with Gasteiger partial charge in [0.25, 0.3) is 0 Å². The van der Waals surface area contributed by atoms with Crippen molar-refractivity contribution in [2.45, 2.75) is 38.6 Å². The predicted molar refractivity (Wildman–Crippen MR) is 72.4 cm³/mol. The molecule has 0 aliphatic heterocycles. The van der Waals surface area contributed by atoms with Crippen LogP contribution in [0.3, 0.4) is 0 Å². The van der Waals surface area contributed by atoms with Crippen molar-refractivity contribution in [3.05, 3.63) is 35.5 Å². The zero-order valence-electron chi connectivity index (χ0n) is 10.5. The van der Waals surface area contributed by atoms with Crippen molar-refractivity contribution < 1.29 is 4.79 Å². The van der Waals surface area contributed by atoms with Crippen molar-refractivity contribution in [2.24, 2.45) is 5.73 Å². The normalized spacial score (nSPS) is 14.7. The molecule has 1 aromatic carbocycles. The van der Waals surface area contributed by atoms with Crippen molar-refractivity contribution in [3.8, 4) is 0 Å². The lowest BCUT2D eigenvalue weighted by molar-refractivity contribution is -0.118.